The summed E-state index contributed by atoms with van der Waals surface area (Å²) in [5.74, 6) is 0.281. The van der Waals surface area contributed by atoms with Gasteiger partial charge in [-0.05, 0) is 12.0 Å². The Bertz CT molecular complexity index is 471. The van der Waals surface area contributed by atoms with E-state index in [0.717, 1.165) is 18.4 Å². The Hall–Kier alpha value is -1.90. The number of aromatic nitrogens is 1. The molecule has 0 N–H and O–H groups in total. The average Bonchev–Trinajstić information content (AvgIpc) is 2.78. The number of hydrogen-bond donors (Lipinski definition) is 0. The van der Waals surface area contributed by atoms with Gasteiger partial charge in [0.05, 0.1) is 0 Å². The predicted molar refractivity (Wildman–Crippen MR) is 61.3 cm³/mol. The normalized spacial score (nSPS) is 10.3. The van der Waals surface area contributed by atoms with Gasteiger partial charge in [0.15, 0.2) is 18.4 Å². The number of carbonyl (C=O) groups is 1. The molecule has 2 rings (SSSR count). The van der Waals surface area contributed by atoms with Gasteiger partial charge in [0.1, 0.15) is 5.69 Å². The highest BCUT2D eigenvalue weighted by atomic mass is 16.3. The highest BCUT2D eigenvalue weighted by Gasteiger charge is 2.08. The molecule has 0 aliphatic heterocycles. The summed E-state index contributed by atoms with van der Waals surface area (Å²) in [4.78, 5) is 14.7. The zero-order valence-corrected chi connectivity index (χ0v) is 9.14. The third kappa shape index (κ3) is 2.03. The number of benzene rings is 1. The van der Waals surface area contributed by atoms with Crippen LogP contribution in [0.2, 0.25) is 0 Å². The van der Waals surface area contributed by atoms with E-state index in [1.165, 1.54) is 12.0 Å². The molecule has 0 fully saturated rings. The van der Waals surface area contributed by atoms with Crippen molar-refractivity contribution in [1.29, 1.82) is 0 Å². The number of carbonyl (C=O) groups excluding carboxylic acids is 1. The first-order chi connectivity index (χ1) is 7.85. The molecule has 3 heteroatoms. The fourth-order valence-corrected chi connectivity index (χ4v) is 1.67. The van der Waals surface area contributed by atoms with Crippen molar-refractivity contribution in [3.05, 3.63) is 42.0 Å². The molecule has 0 bridgehead atoms. The second-order valence-electron chi connectivity index (χ2n) is 3.63. The maximum atomic E-state index is 10.7. The Kier molecular flexibility index (Phi) is 3.15. The van der Waals surface area contributed by atoms with Gasteiger partial charge in [0.25, 0.3) is 0 Å². The van der Waals surface area contributed by atoms with Crippen LogP contribution in [0.4, 0.5) is 0 Å². The van der Waals surface area contributed by atoms with Gasteiger partial charge in [-0.25, -0.2) is 4.98 Å². The van der Waals surface area contributed by atoms with Crippen molar-refractivity contribution in [2.45, 2.75) is 19.8 Å². The van der Waals surface area contributed by atoms with Crippen molar-refractivity contribution >= 4 is 6.29 Å². The van der Waals surface area contributed by atoms with Gasteiger partial charge in [0.2, 0.25) is 0 Å². The molecule has 82 valence electrons. The van der Waals surface area contributed by atoms with Crippen LogP contribution >= 0.6 is 0 Å². The van der Waals surface area contributed by atoms with Gasteiger partial charge in [-0.15, -0.1) is 0 Å². The number of rotatable bonds is 4. The van der Waals surface area contributed by atoms with Gasteiger partial charge in [-0.1, -0.05) is 37.6 Å². The third-order valence-corrected chi connectivity index (χ3v) is 2.47. The standard InChI is InChI=1S/C13H13NO2/c1-2-3-10-4-6-11(7-5-10)13-12(8-15)16-9-14-13/h4-9H,2-3H2,1H3. The van der Waals surface area contributed by atoms with E-state index in [0.29, 0.717) is 12.0 Å². The monoisotopic (exact) mass is 215 g/mol. The van der Waals surface area contributed by atoms with Crippen LogP contribution < -0.4 is 0 Å². The Morgan fingerprint density at radius 1 is 1.31 bits per heavy atom. The van der Waals surface area contributed by atoms with Crippen molar-refractivity contribution in [2.24, 2.45) is 0 Å². The van der Waals surface area contributed by atoms with Gasteiger partial charge in [0, 0.05) is 5.56 Å². The summed E-state index contributed by atoms with van der Waals surface area (Å²) in [7, 11) is 0. The lowest BCUT2D eigenvalue weighted by Crippen LogP contribution is -1.86. The molecule has 2 aromatic rings. The second-order valence-corrected chi connectivity index (χ2v) is 3.63. The van der Waals surface area contributed by atoms with Crippen LogP contribution in [-0.2, 0) is 6.42 Å². The summed E-state index contributed by atoms with van der Waals surface area (Å²) in [6.45, 7) is 2.15. The lowest BCUT2D eigenvalue weighted by atomic mass is 10.1. The minimum atomic E-state index is 0.281. The molecule has 0 spiro atoms. The molecule has 16 heavy (non-hydrogen) atoms. The van der Waals surface area contributed by atoms with Crippen LogP contribution in [0, 0.1) is 0 Å². The average molecular weight is 215 g/mol. The van der Waals surface area contributed by atoms with Crippen molar-refractivity contribution in [2.75, 3.05) is 0 Å². The Morgan fingerprint density at radius 2 is 2.06 bits per heavy atom. The van der Waals surface area contributed by atoms with Gasteiger partial charge >= 0.3 is 0 Å². The van der Waals surface area contributed by atoms with Crippen LogP contribution in [0.5, 0.6) is 0 Å². The van der Waals surface area contributed by atoms with E-state index in [2.05, 4.69) is 24.0 Å². The molecule has 0 aliphatic carbocycles. The predicted octanol–water partition coefficient (Wildman–Crippen LogP) is 3.11. The number of oxazole rings is 1. The fraction of sp³-hybridized carbons (Fsp3) is 0.231. The molecule has 3 nitrogen and oxygen atoms in total. The van der Waals surface area contributed by atoms with E-state index in [1.54, 1.807) is 0 Å². The number of aryl methyl sites for hydroxylation is 1. The molecule has 0 radical (unpaired) electrons. The molecule has 0 amide bonds. The summed E-state index contributed by atoms with van der Waals surface area (Å²) in [5.41, 5.74) is 2.82. The largest absolute Gasteiger partial charge is 0.440 e. The summed E-state index contributed by atoms with van der Waals surface area (Å²) < 4.78 is 4.97. The SMILES string of the molecule is CCCc1ccc(-c2ncoc2C=O)cc1. The Labute approximate surface area is 94.1 Å². The highest BCUT2D eigenvalue weighted by molar-refractivity contribution is 5.81. The first kappa shape index (κ1) is 10.6. The first-order valence-corrected chi connectivity index (χ1v) is 5.33. The minimum Gasteiger partial charge on any atom is -0.440 e. The zero-order valence-electron chi connectivity index (χ0n) is 9.14. The van der Waals surface area contributed by atoms with Crippen LogP contribution in [0.3, 0.4) is 0 Å². The lowest BCUT2D eigenvalue weighted by molar-refractivity contribution is 0.110. The first-order valence-electron chi connectivity index (χ1n) is 5.33. The molecular weight excluding hydrogens is 202 g/mol. The van der Waals surface area contributed by atoms with E-state index in [1.807, 2.05) is 12.1 Å². The Morgan fingerprint density at radius 3 is 2.69 bits per heavy atom. The van der Waals surface area contributed by atoms with E-state index < -0.39 is 0 Å². The molecule has 1 aromatic heterocycles. The molecule has 0 saturated carbocycles. The van der Waals surface area contributed by atoms with Gasteiger partial charge < -0.3 is 4.42 Å². The van der Waals surface area contributed by atoms with Crippen molar-refractivity contribution in [1.82, 2.24) is 4.98 Å². The summed E-state index contributed by atoms with van der Waals surface area (Å²) in [6.07, 6.45) is 4.17. The zero-order chi connectivity index (χ0) is 11.4. The summed E-state index contributed by atoms with van der Waals surface area (Å²) in [5, 5.41) is 0. The third-order valence-electron chi connectivity index (χ3n) is 2.47. The number of aldehydes is 1. The van der Waals surface area contributed by atoms with Gasteiger partial charge in [-0.2, -0.15) is 0 Å². The maximum Gasteiger partial charge on any atom is 0.194 e. The lowest BCUT2D eigenvalue weighted by Gasteiger charge is -2.00. The summed E-state index contributed by atoms with van der Waals surface area (Å²) in [6, 6.07) is 8.05. The van der Waals surface area contributed by atoms with Crippen LogP contribution in [-0.4, -0.2) is 11.3 Å². The maximum absolute atomic E-state index is 10.7. The molecule has 0 atom stereocenters. The van der Waals surface area contributed by atoms with E-state index >= 15 is 0 Å². The van der Waals surface area contributed by atoms with Crippen molar-refractivity contribution in [3.8, 4) is 11.3 Å². The van der Waals surface area contributed by atoms with E-state index in [-0.39, 0.29) is 5.76 Å². The van der Waals surface area contributed by atoms with E-state index in [9.17, 15) is 4.79 Å². The smallest absolute Gasteiger partial charge is 0.194 e. The quantitative estimate of drug-likeness (QED) is 0.736. The highest BCUT2D eigenvalue weighted by Crippen LogP contribution is 2.21. The van der Waals surface area contributed by atoms with Crippen molar-refractivity contribution < 1.29 is 9.21 Å². The number of hydrogen-bond acceptors (Lipinski definition) is 3. The van der Waals surface area contributed by atoms with Gasteiger partial charge in [-0.3, -0.25) is 4.79 Å². The fourth-order valence-electron chi connectivity index (χ4n) is 1.67. The summed E-state index contributed by atoms with van der Waals surface area (Å²) >= 11 is 0. The van der Waals surface area contributed by atoms with Crippen molar-refractivity contribution in [3.63, 3.8) is 0 Å². The minimum absolute atomic E-state index is 0.281. The van der Waals surface area contributed by atoms with E-state index in [4.69, 9.17) is 4.42 Å². The molecule has 0 unspecified atom stereocenters. The molecular formula is C13H13NO2. The second kappa shape index (κ2) is 4.75. The number of nitrogens with zero attached hydrogens (tertiary/aromatic N) is 1. The molecule has 0 aliphatic rings. The van der Waals surface area contributed by atoms with Crippen LogP contribution in [0.1, 0.15) is 29.5 Å². The van der Waals surface area contributed by atoms with Crippen LogP contribution in [0.25, 0.3) is 11.3 Å². The van der Waals surface area contributed by atoms with Crippen LogP contribution in [0.15, 0.2) is 35.1 Å². The Balaban J connectivity index is 2.31. The molecule has 1 heterocycles. The molecule has 0 saturated heterocycles. The molecule has 1 aromatic carbocycles. The topological polar surface area (TPSA) is 43.1 Å².